The van der Waals surface area contributed by atoms with Crippen LogP contribution in [0.15, 0.2) is 18.2 Å². The molecule has 4 nitrogen and oxygen atoms in total. The second-order valence-corrected chi connectivity index (χ2v) is 4.81. The first-order chi connectivity index (χ1) is 8.06. The number of benzene rings is 1. The summed E-state index contributed by atoms with van der Waals surface area (Å²) in [4.78, 5) is 14.0. The van der Waals surface area contributed by atoms with Crippen molar-refractivity contribution in [3.8, 4) is 0 Å². The highest BCUT2D eigenvalue weighted by molar-refractivity contribution is 6.03. The Labute approximate surface area is 101 Å². The topological polar surface area (TPSA) is 66.6 Å². The van der Waals surface area contributed by atoms with Gasteiger partial charge in [0.05, 0.1) is 18.2 Å². The summed E-state index contributed by atoms with van der Waals surface area (Å²) in [5.74, 6) is 0.158. The normalized spacial score (nSPS) is 16.5. The number of hydrogen-bond donors (Lipinski definition) is 2. The van der Waals surface area contributed by atoms with Gasteiger partial charge in [-0.3, -0.25) is 4.79 Å². The van der Waals surface area contributed by atoms with Crippen LogP contribution in [0.3, 0.4) is 0 Å². The molecule has 0 radical (unpaired) electrons. The van der Waals surface area contributed by atoms with Crippen molar-refractivity contribution in [3.05, 3.63) is 29.3 Å². The number of carbonyl (C=O) groups is 1. The van der Waals surface area contributed by atoms with Crippen molar-refractivity contribution < 1.29 is 9.90 Å². The van der Waals surface area contributed by atoms with E-state index in [1.54, 1.807) is 11.0 Å². The molecule has 0 bridgehead atoms. The van der Waals surface area contributed by atoms with E-state index >= 15 is 0 Å². The second kappa shape index (κ2) is 4.37. The molecule has 0 saturated heterocycles. The van der Waals surface area contributed by atoms with Crippen LogP contribution in [0.1, 0.15) is 29.8 Å². The molecule has 17 heavy (non-hydrogen) atoms. The van der Waals surface area contributed by atoms with E-state index in [4.69, 9.17) is 5.73 Å². The van der Waals surface area contributed by atoms with Gasteiger partial charge >= 0.3 is 0 Å². The summed E-state index contributed by atoms with van der Waals surface area (Å²) < 4.78 is 0. The van der Waals surface area contributed by atoms with Crippen LogP contribution in [0.4, 0.5) is 5.69 Å². The first-order valence-corrected chi connectivity index (χ1v) is 5.85. The van der Waals surface area contributed by atoms with Crippen molar-refractivity contribution in [2.75, 3.05) is 12.3 Å². The molecule has 0 fully saturated rings. The quantitative estimate of drug-likeness (QED) is 0.773. The first kappa shape index (κ1) is 11.9. The minimum absolute atomic E-state index is 0.0166. The molecular formula is C13H18N2O2. The van der Waals surface area contributed by atoms with Gasteiger partial charge in [-0.05, 0) is 17.5 Å². The van der Waals surface area contributed by atoms with Crippen molar-refractivity contribution in [3.63, 3.8) is 0 Å². The van der Waals surface area contributed by atoms with E-state index in [-0.39, 0.29) is 24.5 Å². The molecule has 0 spiro atoms. The lowest BCUT2D eigenvalue weighted by molar-refractivity contribution is 0.0533. The third-order valence-corrected chi connectivity index (χ3v) is 3.36. The Bertz CT molecular complexity index is 443. The maximum absolute atomic E-state index is 12.3. The molecule has 1 heterocycles. The van der Waals surface area contributed by atoms with Crippen molar-refractivity contribution in [1.82, 2.24) is 4.90 Å². The smallest absolute Gasteiger partial charge is 0.256 e. The summed E-state index contributed by atoms with van der Waals surface area (Å²) in [5.41, 5.74) is 7.91. The molecule has 0 aromatic heterocycles. The van der Waals surface area contributed by atoms with Crippen LogP contribution in [-0.4, -0.2) is 28.6 Å². The van der Waals surface area contributed by atoms with Crippen LogP contribution in [0.25, 0.3) is 0 Å². The van der Waals surface area contributed by atoms with Gasteiger partial charge in [-0.1, -0.05) is 26.0 Å². The molecule has 2 rings (SSSR count). The molecule has 92 valence electrons. The Hall–Kier alpha value is -1.55. The third kappa shape index (κ3) is 1.89. The maximum Gasteiger partial charge on any atom is 0.256 e. The Morgan fingerprint density at radius 2 is 2.18 bits per heavy atom. The minimum atomic E-state index is -0.144. The molecule has 0 aliphatic carbocycles. The zero-order valence-electron chi connectivity index (χ0n) is 10.2. The largest absolute Gasteiger partial charge is 0.398 e. The highest BCUT2D eigenvalue weighted by atomic mass is 16.3. The van der Waals surface area contributed by atoms with Crippen molar-refractivity contribution in [2.45, 2.75) is 26.4 Å². The number of anilines is 1. The Morgan fingerprint density at radius 3 is 2.71 bits per heavy atom. The van der Waals surface area contributed by atoms with E-state index in [0.717, 1.165) is 5.56 Å². The average molecular weight is 234 g/mol. The number of amides is 1. The SMILES string of the molecule is CC(C)C(CO)N1Cc2cccc(N)c2C1=O. The summed E-state index contributed by atoms with van der Waals surface area (Å²) in [5, 5.41) is 9.40. The lowest BCUT2D eigenvalue weighted by Crippen LogP contribution is -2.41. The molecule has 3 N–H and O–H groups in total. The zero-order valence-corrected chi connectivity index (χ0v) is 10.2. The lowest BCUT2D eigenvalue weighted by atomic mass is 10.0. The lowest BCUT2D eigenvalue weighted by Gasteiger charge is -2.29. The molecule has 0 saturated carbocycles. The van der Waals surface area contributed by atoms with Gasteiger partial charge in [0.25, 0.3) is 5.91 Å². The molecule has 1 aliphatic rings. The Balaban J connectivity index is 2.34. The number of carbonyl (C=O) groups excluding carboxylic acids is 1. The number of aliphatic hydroxyl groups is 1. The number of nitrogens with two attached hydrogens (primary N) is 1. The second-order valence-electron chi connectivity index (χ2n) is 4.81. The Kier molecular flexibility index (Phi) is 3.07. The van der Waals surface area contributed by atoms with Crippen LogP contribution >= 0.6 is 0 Å². The molecule has 4 heteroatoms. The standard InChI is InChI=1S/C13H18N2O2/c1-8(2)11(7-16)15-6-9-4-3-5-10(14)12(9)13(15)17/h3-5,8,11,16H,6-7,14H2,1-2H3. The summed E-state index contributed by atoms with van der Waals surface area (Å²) in [6, 6.07) is 5.37. The van der Waals surface area contributed by atoms with E-state index < -0.39 is 0 Å². The molecule has 1 aromatic rings. The van der Waals surface area contributed by atoms with Gasteiger partial charge in [0.2, 0.25) is 0 Å². The number of rotatable bonds is 3. The van der Waals surface area contributed by atoms with E-state index in [1.807, 2.05) is 26.0 Å². The number of nitrogens with zero attached hydrogens (tertiary/aromatic N) is 1. The van der Waals surface area contributed by atoms with Gasteiger partial charge in [0.1, 0.15) is 0 Å². The maximum atomic E-state index is 12.3. The van der Waals surface area contributed by atoms with Crippen LogP contribution in [0.2, 0.25) is 0 Å². The number of nitrogen functional groups attached to an aromatic ring is 1. The highest BCUT2D eigenvalue weighted by Crippen LogP contribution is 2.30. The van der Waals surface area contributed by atoms with Crippen molar-refractivity contribution in [1.29, 1.82) is 0 Å². The summed E-state index contributed by atoms with van der Waals surface area (Å²) >= 11 is 0. The van der Waals surface area contributed by atoms with E-state index in [2.05, 4.69) is 0 Å². The van der Waals surface area contributed by atoms with Crippen LogP contribution in [0, 0.1) is 5.92 Å². The van der Waals surface area contributed by atoms with Crippen LogP contribution in [0.5, 0.6) is 0 Å². The predicted octanol–water partition coefficient (Wildman–Crippen LogP) is 1.24. The average Bonchev–Trinajstić information content (AvgIpc) is 2.58. The van der Waals surface area contributed by atoms with Gasteiger partial charge in [-0.2, -0.15) is 0 Å². The number of aliphatic hydroxyl groups excluding tert-OH is 1. The Morgan fingerprint density at radius 1 is 1.47 bits per heavy atom. The monoisotopic (exact) mass is 234 g/mol. The summed E-state index contributed by atoms with van der Waals surface area (Å²) in [6.45, 7) is 4.53. The van der Waals surface area contributed by atoms with Crippen molar-refractivity contribution >= 4 is 11.6 Å². The predicted molar refractivity (Wildman–Crippen MR) is 66.4 cm³/mol. The molecule has 1 unspecified atom stereocenters. The van der Waals surface area contributed by atoms with Crippen LogP contribution in [-0.2, 0) is 6.54 Å². The molecule has 1 amide bonds. The fourth-order valence-corrected chi connectivity index (χ4v) is 2.35. The highest BCUT2D eigenvalue weighted by Gasteiger charge is 2.34. The fourth-order valence-electron chi connectivity index (χ4n) is 2.35. The van der Waals surface area contributed by atoms with E-state index in [9.17, 15) is 9.90 Å². The third-order valence-electron chi connectivity index (χ3n) is 3.36. The zero-order chi connectivity index (χ0) is 12.6. The molecule has 1 atom stereocenters. The van der Waals surface area contributed by atoms with E-state index in [1.165, 1.54) is 0 Å². The van der Waals surface area contributed by atoms with Gasteiger partial charge in [-0.15, -0.1) is 0 Å². The van der Waals surface area contributed by atoms with Gasteiger partial charge in [-0.25, -0.2) is 0 Å². The van der Waals surface area contributed by atoms with Gasteiger partial charge in [0.15, 0.2) is 0 Å². The molecule has 1 aromatic carbocycles. The minimum Gasteiger partial charge on any atom is -0.398 e. The van der Waals surface area contributed by atoms with Crippen molar-refractivity contribution in [2.24, 2.45) is 5.92 Å². The molecule has 1 aliphatic heterocycles. The summed E-state index contributed by atoms with van der Waals surface area (Å²) in [7, 11) is 0. The fraction of sp³-hybridized carbons (Fsp3) is 0.462. The van der Waals surface area contributed by atoms with E-state index in [0.29, 0.717) is 17.8 Å². The number of fused-ring (bicyclic) bond motifs is 1. The van der Waals surface area contributed by atoms with Crippen LogP contribution < -0.4 is 5.73 Å². The van der Waals surface area contributed by atoms with Gasteiger partial charge in [0, 0.05) is 12.2 Å². The van der Waals surface area contributed by atoms with Gasteiger partial charge < -0.3 is 15.7 Å². The summed E-state index contributed by atoms with van der Waals surface area (Å²) in [6.07, 6.45) is 0. The number of hydrogen-bond acceptors (Lipinski definition) is 3. The first-order valence-electron chi connectivity index (χ1n) is 5.85. The molecular weight excluding hydrogens is 216 g/mol.